The fourth-order valence-electron chi connectivity index (χ4n) is 3.74. The first-order valence-corrected chi connectivity index (χ1v) is 10.6. The Morgan fingerprint density at radius 3 is 2.30 bits per heavy atom. The Labute approximate surface area is 180 Å². The number of hydrogen-bond donors (Lipinski definition) is 1. The van der Waals surface area contributed by atoms with Gasteiger partial charge in [0.25, 0.3) is 0 Å². The van der Waals surface area contributed by atoms with Crippen LogP contribution in [0.1, 0.15) is 37.6 Å². The molecule has 152 valence electrons. The third kappa shape index (κ3) is 3.35. The summed E-state index contributed by atoms with van der Waals surface area (Å²) in [6.07, 6.45) is 0. The van der Waals surface area contributed by atoms with Crippen LogP contribution in [0, 0.1) is 27.7 Å². The molecule has 2 aromatic heterocycles. The predicted molar refractivity (Wildman–Crippen MR) is 125 cm³/mol. The fraction of sp³-hybridized carbons (Fsp3) is 0.200. The largest absolute Gasteiger partial charge is 0.497 e. The van der Waals surface area contributed by atoms with E-state index >= 15 is 0 Å². The molecule has 0 fully saturated rings. The molecule has 0 aliphatic rings. The van der Waals surface area contributed by atoms with Gasteiger partial charge in [-0.3, -0.25) is 4.79 Å². The molecule has 0 unspecified atom stereocenters. The Morgan fingerprint density at radius 2 is 1.63 bits per heavy atom. The quantitative estimate of drug-likeness (QED) is 0.413. The van der Waals surface area contributed by atoms with Gasteiger partial charge in [-0.05, 0) is 79.8 Å². The summed E-state index contributed by atoms with van der Waals surface area (Å²) >= 11 is 1.37. The van der Waals surface area contributed by atoms with Crippen molar-refractivity contribution in [2.45, 2.75) is 27.7 Å². The third-order valence-corrected chi connectivity index (χ3v) is 6.62. The number of thiophene rings is 1. The van der Waals surface area contributed by atoms with Crippen molar-refractivity contribution in [1.29, 1.82) is 0 Å². The molecule has 0 saturated heterocycles. The number of carbonyl (C=O) groups excluding carboxylic acids is 1. The van der Waals surface area contributed by atoms with Crippen LogP contribution in [0.5, 0.6) is 5.75 Å². The number of anilines is 1. The summed E-state index contributed by atoms with van der Waals surface area (Å²) in [5.74, 6) is 0.745. The average Bonchev–Trinajstić information content (AvgIpc) is 3.06. The van der Waals surface area contributed by atoms with E-state index in [4.69, 9.17) is 10.5 Å². The number of hydrogen-bond acceptors (Lipinski definition) is 5. The maximum atomic E-state index is 13.4. The van der Waals surface area contributed by atoms with Crippen LogP contribution in [0.25, 0.3) is 21.3 Å². The van der Waals surface area contributed by atoms with Gasteiger partial charge >= 0.3 is 0 Å². The lowest BCUT2D eigenvalue weighted by Gasteiger charge is -2.09. The van der Waals surface area contributed by atoms with E-state index in [1.807, 2.05) is 57.2 Å². The molecule has 0 aliphatic carbocycles. The number of benzene rings is 2. The molecule has 5 heteroatoms. The van der Waals surface area contributed by atoms with Crippen LogP contribution in [0.3, 0.4) is 0 Å². The lowest BCUT2D eigenvalue weighted by molar-refractivity contribution is 0.104. The molecule has 4 rings (SSSR count). The normalized spacial score (nSPS) is 11.1. The number of nitrogens with zero attached hydrogens (tertiary/aromatic N) is 1. The van der Waals surface area contributed by atoms with Crippen molar-refractivity contribution >= 4 is 33.0 Å². The van der Waals surface area contributed by atoms with E-state index in [1.54, 1.807) is 7.11 Å². The standard InChI is InChI=1S/C25H24N2O2S/c1-13-10-15(3)19(11-14(13)2)23(28)24-22(26)21-20(12-16(4)27-25(21)30-24)17-6-8-18(29-5)9-7-17/h6-12H,26H2,1-5H3. The smallest absolute Gasteiger partial charge is 0.205 e. The highest BCUT2D eigenvalue weighted by molar-refractivity contribution is 7.21. The summed E-state index contributed by atoms with van der Waals surface area (Å²) in [4.78, 5) is 19.4. The fourth-order valence-corrected chi connectivity index (χ4v) is 4.86. The Balaban J connectivity index is 1.90. The molecule has 2 heterocycles. The van der Waals surface area contributed by atoms with E-state index in [9.17, 15) is 4.79 Å². The Hall–Kier alpha value is -3.18. The molecule has 0 aliphatic heterocycles. The molecule has 0 spiro atoms. The van der Waals surface area contributed by atoms with Crippen LogP contribution in [-0.2, 0) is 0 Å². The number of ketones is 1. The number of carbonyl (C=O) groups is 1. The zero-order valence-electron chi connectivity index (χ0n) is 17.8. The molecule has 0 amide bonds. The second-order valence-electron chi connectivity index (χ2n) is 7.65. The van der Waals surface area contributed by atoms with Crippen molar-refractivity contribution in [3.05, 3.63) is 75.3 Å². The van der Waals surface area contributed by atoms with Crippen LogP contribution in [0.4, 0.5) is 5.69 Å². The van der Waals surface area contributed by atoms with Crippen LogP contribution in [0.15, 0.2) is 42.5 Å². The molecular formula is C25H24N2O2S. The third-order valence-electron chi connectivity index (χ3n) is 5.52. The van der Waals surface area contributed by atoms with Crippen LogP contribution in [-0.4, -0.2) is 17.9 Å². The van der Waals surface area contributed by atoms with E-state index in [1.165, 1.54) is 16.9 Å². The van der Waals surface area contributed by atoms with E-state index in [2.05, 4.69) is 18.0 Å². The van der Waals surface area contributed by atoms with Gasteiger partial charge < -0.3 is 10.5 Å². The number of fused-ring (bicyclic) bond motifs is 1. The molecule has 0 bridgehead atoms. The van der Waals surface area contributed by atoms with Crippen molar-refractivity contribution in [2.75, 3.05) is 12.8 Å². The summed E-state index contributed by atoms with van der Waals surface area (Å²) < 4.78 is 5.27. The number of aromatic nitrogens is 1. The average molecular weight is 417 g/mol. The molecule has 0 saturated carbocycles. The van der Waals surface area contributed by atoms with Gasteiger partial charge in [0.2, 0.25) is 5.78 Å². The van der Waals surface area contributed by atoms with Gasteiger partial charge in [-0.2, -0.15) is 0 Å². The van der Waals surface area contributed by atoms with E-state index < -0.39 is 0 Å². The van der Waals surface area contributed by atoms with Crippen LogP contribution in [0.2, 0.25) is 0 Å². The molecule has 2 N–H and O–H groups in total. The minimum atomic E-state index is -0.0468. The molecule has 4 nitrogen and oxygen atoms in total. The number of nitrogens with two attached hydrogens (primary N) is 1. The first kappa shape index (κ1) is 20.1. The SMILES string of the molecule is COc1ccc(-c2cc(C)nc3sc(C(=O)c4cc(C)c(C)cc4C)c(N)c23)cc1. The zero-order chi connectivity index (χ0) is 21.6. The lowest BCUT2D eigenvalue weighted by Crippen LogP contribution is -2.05. The molecule has 0 atom stereocenters. The molecule has 2 aromatic carbocycles. The highest BCUT2D eigenvalue weighted by Gasteiger charge is 2.23. The second-order valence-corrected chi connectivity index (χ2v) is 8.64. The van der Waals surface area contributed by atoms with Crippen LogP contribution < -0.4 is 10.5 Å². The second kappa shape index (κ2) is 7.58. The molecule has 4 aromatic rings. The predicted octanol–water partition coefficient (Wildman–Crippen LogP) is 6.02. The summed E-state index contributed by atoms with van der Waals surface area (Å²) in [7, 11) is 1.65. The monoisotopic (exact) mass is 416 g/mol. The van der Waals surface area contributed by atoms with Gasteiger partial charge in [-0.25, -0.2) is 4.98 Å². The molecule has 0 radical (unpaired) electrons. The summed E-state index contributed by atoms with van der Waals surface area (Å²) in [6, 6.07) is 13.9. The first-order valence-electron chi connectivity index (χ1n) is 9.76. The molecular weight excluding hydrogens is 392 g/mol. The maximum absolute atomic E-state index is 13.4. The van der Waals surface area contributed by atoms with Gasteiger partial charge in [0.15, 0.2) is 0 Å². The zero-order valence-corrected chi connectivity index (χ0v) is 18.6. The number of ether oxygens (including phenoxy) is 1. The number of methoxy groups -OCH3 is 1. The van der Waals surface area contributed by atoms with Crippen molar-refractivity contribution in [3.8, 4) is 16.9 Å². The number of aryl methyl sites for hydroxylation is 4. The van der Waals surface area contributed by atoms with Gasteiger partial charge in [0.1, 0.15) is 15.5 Å². The van der Waals surface area contributed by atoms with E-state index in [0.29, 0.717) is 16.1 Å². The first-order chi connectivity index (χ1) is 14.3. The summed E-state index contributed by atoms with van der Waals surface area (Å²) in [6.45, 7) is 8.00. The van der Waals surface area contributed by atoms with Gasteiger partial charge in [0, 0.05) is 16.6 Å². The lowest BCUT2D eigenvalue weighted by atomic mass is 9.96. The van der Waals surface area contributed by atoms with E-state index in [0.717, 1.165) is 43.9 Å². The number of pyridine rings is 1. The van der Waals surface area contributed by atoms with Gasteiger partial charge in [0.05, 0.1) is 12.8 Å². The van der Waals surface area contributed by atoms with Crippen molar-refractivity contribution in [3.63, 3.8) is 0 Å². The van der Waals surface area contributed by atoms with Crippen molar-refractivity contribution < 1.29 is 9.53 Å². The minimum absolute atomic E-state index is 0.0468. The van der Waals surface area contributed by atoms with E-state index in [-0.39, 0.29) is 5.78 Å². The topological polar surface area (TPSA) is 65.2 Å². The highest BCUT2D eigenvalue weighted by atomic mass is 32.1. The van der Waals surface area contributed by atoms with Gasteiger partial charge in [-0.1, -0.05) is 18.2 Å². The van der Waals surface area contributed by atoms with Gasteiger partial charge in [-0.15, -0.1) is 11.3 Å². The summed E-state index contributed by atoms with van der Waals surface area (Å²) in [5.41, 5.74) is 13.9. The Kier molecular flexibility index (Phi) is 5.08. The highest BCUT2D eigenvalue weighted by Crippen LogP contribution is 2.41. The van der Waals surface area contributed by atoms with Crippen LogP contribution >= 0.6 is 11.3 Å². The maximum Gasteiger partial charge on any atom is 0.205 e. The number of nitrogen functional groups attached to an aromatic ring is 1. The van der Waals surface area contributed by atoms with Crippen molar-refractivity contribution in [1.82, 2.24) is 4.98 Å². The van der Waals surface area contributed by atoms with Crippen molar-refractivity contribution in [2.24, 2.45) is 0 Å². The minimum Gasteiger partial charge on any atom is -0.497 e. The Bertz CT molecular complexity index is 1290. The Morgan fingerprint density at radius 1 is 0.967 bits per heavy atom. The summed E-state index contributed by atoms with van der Waals surface area (Å²) in [5, 5.41) is 0.834. The molecule has 30 heavy (non-hydrogen) atoms. The number of rotatable bonds is 4.